The number of carbonyl (C=O) groups excluding carboxylic acids is 1. The molecule has 2 aromatic rings. The van der Waals surface area contributed by atoms with E-state index in [0.717, 1.165) is 10.4 Å². The standard InChI is InChI=1S/C14H14N2O2S/c1-10-7-8-19-13(10)9-15-16-14(17)11-5-3-4-6-12(11)18-2/h3-9H,1-2H3,(H,16,17). The highest BCUT2D eigenvalue weighted by Gasteiger charge is 2.09. The summed E-state index contributed by atoms with van der Waals surface area (Å²) in [4.78, 5) is 13.0. The molecule has 19 heavy (non-hydrogen) atoms. The van der Waals surface area contributed by atoms with Crippen molar-refractivity contribution < 1.29 is 9.53 Å². The van der Waals surface area contributed by atoms with E-state index in [1.54, 1.807) is 35.8 Å². The van der Waals surface area contributed by atoms with Crippen LogP contribution in [0.3, 0.4) is 0 Å². The molecule has 0 bridgehead atoms. The molecule has 0 fully saturated rings. The summed E-state index contributed by atoms with van der Waals surface area (Å²) in [7, 11) is 1.53. The quantitative estimate of drug-likeness (QED) is 0.688. The van der Waals surface area contributed by atoms with Crippen LogP contribution in [-0.4, -0.2) is 19.2 Å². The molecule has 4 nitrogen and oxygen atoms in total. The van der Waals surface area contributed by atoms with E-state index in [-0.39, 0.29) is 5.91 Å². The number of nitrogens with one attached hydrogen (secondary N) is 1. The first-order valence-electron chi connectivity index (χ1n) is 5.73. The second-order valence-corrected chi connectivity index (χ2v) is 4.81. The summed E-state index contributed by atoms with van der Waals surface area (Å²) >= 11 is 1.58. The summed E-state index contributed by atoms with van der Waals surface area (Å²) in [5, 5.41) is 5.94. The molecule has 1 N–H and O–H groups in total. The van der Waals surface area contributed by atoms with E-state index in [0.29, 0.717) is 11.3 Å². The second-order valence-electron chi connectivity index (χ2n) is 3.87. The number of thiophene rings is 1. The molecule has 0 saturated carbocycles. The predicted octanol–water partition coefficient (Wildman–Crippen LogP) is 2.83. The number of hydrazone groups is 1. The molecule has 0 saturated heterocycles. The van der Waals surface area contributed by atoms with Crippen LogP contribution in [0.25, 0.3) is 0 Å². The van der Waals surface area contributed by atoms with E-state index < -0.39 is 0 Å². The van der Waals surface area contributed by atoms with E-state index in [1.807, 2.05) is 24.4 Å². The zero-order chi connectivity index (χ0) is 13.7. The van der Waals surface area contributed by atoms with Crippen LogP contribution in [-0.2, 0) is 0 Å². The van der Waals surface area contributed by atoms with Gasteiger partial charge in [0.2, 0.25) is 0 Å². The van der Waals surface area contributed by atoms with Gasteiger partial charge in [-0.15, -0.1) is 11.3 Å². The molecule has 98 valence electrons. The van der Waals surface area contributed by atoms with E-state index >= 15 is 0 Å². The minimum Gasteiger partial charge on any atom is -0.496 e. The van der Waals surface area contributed by atoms with Gasteiger partial charge in [-0.05, 0) is 36.1 Å². The average molecular weight is 274 g/mol. The van der Waals surface area contributed by atoms with Crippen molar-refractivity contribution in [2.45, 2.75) is 6.92 Å². The van der Waals surface area contributed by atoms with Gasteiger partial charge in [-0.25, -0.2) is 5.43 Å². The maximum absolute atomic E-state index is 11.9. The molecule has 5 heteroatoms. The maximum Gasteiger partial charge on any atom is 0.275 e. The van der Waals surface area contributed by atoms with Crippen LogP contribution < -0.4 is 10.2 Å². The number of hydrogen-bond acceptors (Lipinski definition) is 4. The summed E-state index contributed by atoms with van der Waals surface area (Å²) < 4.78 is 5.13. The topological polar surface area (TPSA) is 50.7 Å². The number of nitrogens with zero attached hydrogens (tertiary/aromatic N) is 1. The Morgan fingerprint density at radius 1 is 1.37 bits per heavy atom. The Morgan fingerprint density at radius 2 is 2.16 bits per heavy atom. The summed E-state index contributed by atoms with van der Waals surface area (Å²) in [6.07, 6.45) is 1.65. The Morgan fingerprint density at radius 3 is 2.84 bits per heavy atom. The molecule has 0 unspecified atom stereocenters. The van der Waals surface area contributed by atoms with Gasteiger partial charge in [-0.1, -0.05) is 12.1 Å². The molecule has 2 rings (SSSR count). The van der Waals surface area contributed by atoms with Crippen LogP contribution in [0.4, 0.5) is 0 Å². The smallest absolute Gasteiger partial charge is 0.275 e. The highest BCUT2D eigenvalue weighted by atomic mass is 32.1. The van der Waals surface area contributed by atoms with Gasteiger partial charge >= 0.3 is 0 Å². The highest BCUT2D eigenvalue weighted by Crippen LogP contribution is 2.17. The van der Waals surface area contributed by atoms with E-state index in [4.69, 9.17) is 4.74 Å². The lowest BCUT2D eigenvalue weighted by atomic mass is 10.2. The molecule has 0 radical (unpaired) electrons. The molecule has 0 aliphatic rings. The first-order valence-corrected chi connectivity index (χ1v) is 6.61. The van der Waals surface area contributed by atoms with Crippen molar-refractivity contribution in [1.29, 1.82) is 0 Å². The van der Waals surface area contributed by atoms with Crippen LogP contribution in [0.15, 0.2) is 40.8 Å². The lowest BCUT2D eigenvalue weighted by Crippen LogP contribution is -2.18. The number of methoxy groups -OCH3 is 1. The van der Waals surface area contributed by atoms with Crippen molar-refractivity contribution in [3.63, 3.8) is 0 Å². The fourth-order valence-corrected chi connectivity index (χ4v) is 2.34. The van der Waals surface area contributed by atoms with Crippen LogP contribution in [0.2, 0.25) is 0 Å². The molecule has 0 atom stereocenters. The number of aryl methyl sites for hydroxylation is 1. The minimum atomic E-state index is -0.289. The molecular weight excluding hydrogens is 260 g/mol. The number of hydrogen-bond donors (Lipinski definition) is 1. The zero-order valence-corrected chi connectivity index (χ0v) is 11.5. The predicted molar refractivity (Wildman–Crippen MR) is 77.1 cm³/mol. The number of rotatable bonds is 4. The summed E-state index contributed by atoms with van der Waals surface area (Å²) in [5.74, 6) is 0.241. The largest absolute Gasteiger partial charge is 0.496 e. The van der Waals surface area contributed by atoms with E-state index in [9.17, 15) is 4.79 Å². The molecule has 0 spiro atoms. The van der Waals surface area contributed by atoms with Crippen molar-refractivity contribution in [2.75, 3.05) is 7.11 Å². The SMILES string of the molecule is COc1ccccc1C(=O)NN=Cc1sccc1C. The number of amides is 1. The van der Waals surface area contributed by atoms with Crippen molar-refractivity contribution in [2.24, 2.45) is 5.10 Å². The monoisotopic (exact) mass is 274 g/mol. The third kappa shape index (κ3) is 3.20. The van der Waals surface area contributed by atoms with E-state index in [1.165, 1.54) is 7.11 Å². The number of benzene rings is 1. The third-order valence-electron chi connectivity index (χ3n) is 2.60. The Hall–Kier alpha value is -2.14. The van der Waals surface area contributed by atoms with Crippen LogP contribution >= 0.6 is 11.3 Å². The van der Waals surface area contributed by atoms with Crippen LogP contribution in [0.1, 0.15) is 20.8 Å². The average Bonchev–Trinajstić information content (AvgIpc) is 2.84. The number of carbonyl (C=O) groups is 1. The summed E-state index contributed by atoms with van der Waals surface area (Å²) in [6, 6.07) is 9.04. The van der Waals surface area contributed by atoms with Gasteiger partial charge in [0.25, 0.3) is 5.91 Å². The Balaban J connectivity index is 2.06. The van der Waals surface area contributed by atoms with Gasteiger partial charge in [-0.2, -0.15) is 5.10 Å². The Kier molecular flexibility index (Phi) is 4.30. The second kappa shape index (κ2) is 6.15. The van der Waals surface area contributed by atoms with Gasteiger partial charge in [0.05, 0.1) is 18.9 Å². The Labute approximate surface area is 115 Å². The summed E-state index contributed by atoms with van der Waals surface area (Å²) in [5.41, 5.74) is 4.10. The Bertz CT molecular complexity index is 605. The van der Waals surface area contributed by atoms with Crippen LogP contribution in [0.5, 0.6) is 5.75 Å². The number of para-hydroxylation sites is 1. The first-order chi connectivity index (χ1) is 9.22. The van der Waals surface area contributed by atoms with Crippen molar-refractivity contribution >= 4 is 23.5 Å². The van der Waals surface area contributed by atoms with Crippen molar-refractivity contribution in [3.05, 3.63) is 51.7 Å². The molecule has 1 heterocycles. The molecule has 1 amide bonds. The molecule has 0 aliphatic carbocycles. The molecule has 1 aromatic carbocycles. The lowest BCUT2D eigenvalue weighted by Gasteiger charge is -2.05. The molecular formula is C14H14N2O2S. The molecule has 1 aromatic heterocycles. The fraction of sp³-hybridized carbons (Fsp3) is 0.143. The summed E-state index contributed by atoms with van der Waals surface area (Å²) in [6.45, 7) is 2.00. The van der Waals surface area contributed by atoms with Crippen molar-refractivity contribution in [3.8, 4) is 5.75 Å². The van der Waals surface area contributed by atoms with Gasteiger partial charge in [0, 0.05) is 4.88 Å². The fourth-order valence-electron chi connectivity index (χ4n) is 1.56. The van der Waals surface area contributed by atoms with E-state index in [2.05, 4.69) is 10.5 Å². The first kappa shape index (κ1) is 13.3. The highest BCUT2D eigenvalue weighted by molar-refractivity contribution is 7.11. The van der Waals surface area contributed by atoms with Gasteiger partial charge in [0.1, 0.15) is 5.75 Å². The minimum absolute atomic E-state index is 0.289. The third-order valence-corrected chi connectivity index (χ3v) is 3.55. The lowest BCUT2D eigenvalue weighted by molar-refractivity contribution is 0.0952. The number of ether oxygens (including phenoxy) is 1. The van der Waals surface area contributed by atoms with Gasteiger partial charge in [0.15, 0.2) is 0 Å². The molecule has 0 aliphatic heterocycles. The zero-order valence-electron chi connectivity index (χ0n) is 10.7. The van der Waals surface area contributed by atoms with Gasteiger partial charge < -0.3 is 4.74 Å². The van der Waals surface area contributed by atoms with Crippen LogP contribution in [0, 0.1) is 6.92 Å². The normalized spacial score (nSPS) is 10.6. The van der Waals surface area contributed by atoms with Gasteiger partial charge in [-0.3, -0.25) is 4.79 Å². The maximum atomic E-state index is 11.9. The van der Waals surface area contributed by atoms with Crippen molar-refractivity contribution in [1.82, 2.24) is 5.43 Å².